The summed E-state index contributed by atoms with van der Waals surface area (Å²) >= 11 is 4.48. The average molecular weight is 189 g/mol. The molecule has 0 spiro atoms. The molecule has 0 unspecified atom stereocenters. The fourth-order valence-electron chi connectivity index (χ4n) is 0.458. The molecule has 0 aromatic heterocycles. The predicted octanol–water partition coefficient (Wildman–Crippen LogP) is -0.241. The van der Waals surface area contributed by atoms with Crippen LogP contribution in [0.2, 0.25) is 0 Å². The van der Waals surface area contributed by atoms with Crippen LogP contribution in [-0.2, 0) is 9.53 Å². The lowest BCUT2D eigenvalue weighted by Gasteiger charge is -1.94. The summed E-state index contributed by atoms with van der Waals surface area (Å²) in [6.07, 6.45) is 2.32. The van der Waals surface area contributed by atoms with Gasteiger partial charge >= 0.3 is 5.97 Å². The minimum atomic E-state index is -0.267. The van der Waals surface area contributed by atoms with Crippen molar-refractivity contribution in [3.05, 3.63) is 0 Å². The number of nitrogens with zero attached hydrogens (tertiary/aromatic N) is 1. The van der Waals surface area contributed by atoms with E-state index in [1.54, 1.807) is 0 Å². The maximum absolute atomic E-state index is 10.6. The molecule has 0 saturated carbocycles. The first-order valence-corrected chi connectivity index (χ1v) is 3.71. The number of carbonyl (C=O) groups excluding carboxylic acids is 1. The summed E-state index contributed by atoms with van der Waals surface area (Å²) in [6.45, 7) is 0. The Labute approximate surface area is 76.0 Å². The number of hydrogen-bond donors (Lipinski definition) is 2. The molecule has 68 valence electrons. The second-order valence-corrected chi connectivity index (χ2v) is 2.34. The van der Waals surface area contributed by atoms with Gasteiger partial charge in [-0.3, -0.25) is 10.2 Å². The highest BCUT2D eigenvalue weighted by Crippen LogP contribution is 1.87. The van der Waals surface area contributed by atoms with Crippen LogP contribution >= 0.6 is 12.2 Å². The topological polar surface area (TPSA) is 76.7 Å². The van der Waals surface area contributed by atoms with E-state index in [-0.39, 0.29) is 11.1 Å². The molecule has 0 heterocycles. The first kappa shape index (κ1) is 10.8. The fourth-order valence-corrected chi connectivity index (χ4v) is 0.511. The molecule has 6 heteroatoms. The number of nitrogens with two attached hydrogens (primary N) is 1. The van der Waals surface area contributed by atoms with Crippen LogP contribution < -0.4 is 11.2 Å². The predicted molar refractivity (Wildman–Crippen MR) is 49.7 cm³/mol. The zero-order valence-electron chi connectivity index (χ0n) is 6.74. The Balaban J connectivity index is 3.36. The van der Waals surface area contributed by atoms with Crippen LogP contribution in [0.1, 0.15) is 12.8 Å². The van der Waals surface area contributed by atoms with E-state index in [2.05, 4.69) is 27.5 Å². The lowest BCUT2D eigenvalue weighted by molar-refractivity contribution is -0.140. The highest BCUT2D eigenvalue weighted by molar-refractivity contribution is 7.80. The van der Waals surface area contributed by atoms with E-state index in [1.807, 2.05) is 0 Å². The molecule has 0 aliphatic carbocycles. The standard InChI is InChI=1S/C6H11N3O2S/c1-11-5(10)3-2-4-8-9-6(7)12/h4H,2-3H2,1H3,(H3,7,9,12). The second kappa shape index (κ2) is 6.53. The summed E-state index contributed by atoms with van der Waals surface area (Å²) in [5, 5.41) is 3.73. The zero-order valence-corrected chi connectivity index (χ0v) is 7.56. The Kier molecular flexibility index (Phi) is 5.90. The van der Waals surface area contributed by atoms with Crippen molar-refractivity contribution in [1.29, 1.82) is 0 Å². The van der Waals surface area contributed by atoms with Crippen molar-refractivity contribution in [2.45, 2.75) is 12.8 Å². The third-order valence-electron chi connectivity index (χ3n) is 0.971. The van der Waals surface area contributed by atoms with Crippen LogP contribution in [0.25, 0.3) is 0 Å². The summed E-state index contributed by atoms with van der Waals surface area (Å²) in [5.41, 5.74) is 7.44. The molecule has 0 radical (unpaired) electrons. The van der Waals surface area contributed by atoms with E-state index >= 15 is 0 Å². The van der Waals surface area contributed by atoms with Gasteiger partial charge in [0, 0.05) is 6.21 Å². The van der Waals surface area contributed by atoms with Gasteiger partial charge in [-0.1, -0.05) is 0 Å². The average Bonchev–Trinajstić information content (AvgIpc) is 2.03. The lowest BCUT2D eigenvalue weighted by atomic mass is 10.3. The zero-order chi connectivity index (χ0) is 9.40. The fraction of sp³-hybridized carbons (Fsp3) is 0.500. The smallest absolute Gasteiger partial charge is 0.305 e. The molecule has 3 N–H and O–H groups in total. The molecule has 0 amide bonds. The number of nitrogens with one attached hydrogen (secondary N) is 1. The quantitative estimate of drug-likeness (QED) is 0.276. The van der Waals surface area contributed by atoms with Gasteiger partial charge in [-0.2, -0.15) is 5.10 Å². The minimum absolute atomic E-state index is 0.101. The monoisotopic (exact) mass is 189 g/mol. The Bertz CT molecular complexity index is 193. The summed E-state index contributed by atoms with van der Waals surface area (Å²) in [6, 6.07) is 0. The molecular formula is C6H11N3O2S. The normalized spacial score (nSPS) is 9.75. The number of rotatable bonds is 4. The number of hydrazone groups is 1. The number of thiocarbonyl (C=S) groups is 1. The van der Waals surface area contributed by atoms with Crippen LogP contribution in [0.15, 0.2) is 5.10 Å². The highest BCUT2D eigenvalue weighted by Gasteiger charge is 1.95. The number of esters is 1. The van der Waals surface area contributed by atoms with E-state index in [0.717, 1.165) is 0 Å². The number of methoxy groups -OCH3 is 1. The molecule has 5 nitrogen and oxygen atoms in total. The lowest BCUT2D eigenvalue weighted by Crippen LogP contribution is -2.23. The van der Waals surface area contributed by atoms with Crippen LogP contribution in [0.5, 0.6) is 0 Å². The summed E-state index contributed by atoms with van der Waals surface area (Å²) in [7, 11) is 1.34. The van der Waals surface area contributed by atoms with Crippen molar-refractivity contribution in [1.82, 2.24) is 5.43 Å². The van der Waals surface area contributed by atoms with Crippen molar-refractivity contribution >= 4 is 29.5 Å². The van der Waals surface area contributed by atoms with E-state index in [9.17, 15) is 4.79 Å². The molecule has 0 fully saturated rings. The molecule has 0 bridgehead atoms. The summed E-state index contributed by atoms with van der Waals surface area (Å²) in [5.74, 6) is -0.267. The van der Waals surface area contributed by atoms with Crippen LogP contribution in [0.3, 0.4) is 0 Å². The van der Waals surface area contributed by atoms with Crippen LogP contribution in [0.4, 0.5) is 0 Å². The van der Waals surface area contributed by atoms with E-state index in [0.29, 0.717) is 12.8 Å². The molecule has 0 rings (SSSR count). The Morgan fingerprint density at radius 1 is 1.83 bits per heavy atom. The number of ether oxygens (including phenoxy) is 1. The maximum atomic E-state index is 10.6. The first-order chi connectivity index (χ1) is 5.66. The van der Waals surface area contributed by atoms with Gasteiger partial charge in [0.2, 0.25) is 0 Å². The summed E-state index contributed by atoms with van der Waals surface area (Å²) in [4.78, 5) is 10.6. The Morgan fingerprint density at radius 3 is 3.00 bits per heavy atom. The molecule has 0 aromatic carbocycles. The molecule has 0 atom stereocenters. The highest BCUT2D eigenvalue weighted by atomic mass is 32.1. The Morgan fingerprint density at radius 2 is 2.50 bits per heavy atom. The maximum Gasteiger partial charge on any atom is 0.305 e. The van der Waals surface area contributed by atoms with Gasteiger partial charge in [-0.05, 0) is 18.6 Å². The van der Waals surface area contributed by atoms with E-state index < -0.39 is 0 Å². The van der Waals surface area contributed by atoms with Gasteiger partial charge in [0.15, 0.2) is 5.11 Å². The van der Waals surface area contributed by atoms with Gasteiger partial charge in [-0.25, -0.2) is 0 Å². The van der Waals surface area contributed by atoms with Crippen molar-refractivity contribution in [2.75, 3.05) is 7.11 Å². The third-order valence-corrected chi connectivity index (χ3v) is 1.06. The van der Waals surface area contributed by atoms with Crippen LogP contribution in [0, 0.1) is 0 Å². The Hall–Kier alpha value is -1.17. The number of hydrogen-bond acceptors (Lipinski definition) is 4. The van der Waals surface area contributed by atoms with E-state index in [1.165, 1.54) is 13.3 Å². The second-order valence-electron chi connectivity index (χ2n) is 1.90. The van der Waals surface area contributed by atoms with Crippen molar-refractivity contribution in [3.8, 4) is 0 Å². The van der Waals surface area contributed by atoms with Gasteiger partial charge in [-0.15, -0.1) is 0 Å². The van der Waals surface area contributed by atoms with Gasteiger partial charge in [0.25, 0.3) is 0 Å². The molecule has 0 aliphatic rings. The largest absolute Gasteiger partial charge is 0.469 e. The van der Waals surface area contributed by atoms with Crippen molar-refractivity contribution in [2.24, 2.45) is 10.8 Å². The molecule has 0 aliphatic heterocycles. The van der Waals surface area contributed by atoms with Gasteiger partial charge in [0.1, 0.15) is 0 Å². The SMILES string of the molecule is COC(=O)CCC=NNC(N)=S. The van der Waals surface area contributed by atoms with Gasteiger partial charge < -0.3 is 10.5 Å². The molecular weight excluding hydrogens is 178 g/mol. The van der Waals surface area contributed by atoms with Gasteiger partial charge in [0.05, 0.1) is 13.5 Å². The molecule has 0 saturated heterocycles. The first-order valence-electron chi connectivity index (χ1n) is 3.30. The summed E-state index contributed by atoms with van der Waals surface area (Å²) < 4.78 is 4.41. The van der Waals surface area contributed by atoms with Crippen LogP contribution in [-0.4, -0.2) is 24.4 Å². The molecule has 0 aromatic rings. The molecule has 12 heavy (non-hydrogen) atoms. The number of carbonyl (C=O) groups is 1. The van der Waals surface area contributed by atoms with Crippen molar-refractivity contribution in [3.63, 3.8) is 0 Å². The minimum Gasteiger partial charge on any atom is -0.469 e. The van der Waals surface area contributed by atoms with Crippen molar-refractivity contribution < 1.29 is 9.53 Å². The third kappa shape index (κ3) is 6.94. The van der Waals surface area contributed by atoms with E-state index in [4.69, 9.17) is 5.73 Å².